The van der Waals surface area contributed by atoms with Crippen LogP contribution in [0.25, 0.3) is 0 Å². The van der Waals surface area contributed by atoms with E-state index in [-0.39, 0.29) is 11.5 Å². The molecule has 1 unspecified atom stereocenters. The lowest BCUT2D eigenvalue weighted by molar-refractivity contribution is 0.0633. The summed E-state index contributed by atoms with van der Waals surface area (Å²) in [4.78, 5) is 28.7. The van der Waals surface area contributed by atoms with E-state index in [0.29, 0.717) is 30.3 Å². The Kier molecular flexibility index (Phi) is 4.99. The van der Waals surface area contributed by atoms with Gasteiger partial charge in [0.15, 0.2) is 0 Å². The first kappa shape index (κ1) is 16.3. The molecule has 0 bridgehead atoms. The van der Waals surface area contributed by atoms with Crippen molar-refractivity contribution in [3.63, 3.8) is 0 Å². The van der Waals surface area contributed by atoms with Crippen LogP contribution >= 0.6 is 0 Å². The zero-order chi connectivity index (χ0) is 16.9. The van der Waals surface area contributed by atoms with E-state index in [4.69, 9.17) is 4.74 Å². The number of rotatable bonds is 4. The van der Waals surface area contributed by atoms with Gasteiger partial charge in [0, 0.05) is 36.3 Å². The largest absolute Gasteiger partial charge is 0.493 e. The quantitative estimate of drug-likeness (QED) is 0.939. The number of nitrogens with zero attached hydrogens (tertiary/aromatic N) is 1. The van der Waals surface area contributed by atoms with Crippen molar-refractivity contribution in [1.82, 2.24) is 9.88 Å². The zero-order valence-corrected chi connectivity index (χ0v) is 13.8. The maximum atomic E-state index is 12.7. The molecule has 0 spiro atoms. The van der Waals surface area contributed by atoms with Crippen LogP contribution in [-0.4, -0.2) is 35.5 Å². The molecule has 1 aromatic heterocycles. The molecule has 1 aliphatic heterocycles. The molecule has 0 radical (unpaired) electrons. The Labute approximate surface area is 141 Å². The van der Waals surface area contributed by atoms with Crippen LogP contribution in [0.3, 0.4) is 0 Å². The average Bonchev–Trinajstić information content (AvgIpc) is 2.59. The Hall–Kier alpha value is -2.56. The SMILES string of the molecule is Cc1cc(C(=O)N2CCCC(COc3ccccc3)C2)cc(=O)[nH]1. The van der Waals surface area contributed by atoms with Crippen molar-refractivity contribution in [2.45, 2.75) is 19.8 Å². The van der Waals surface area contributed by atoms with Gasteiger partial charge in [-0.05, 0) is 38.0 Å². The van der Waals surface area contributed by atoms with Crippen molar-refractivity contribution in [2.75, 3.05) is 19.7 Å². The van der Waals surface area contributed by atoms with Crippen molar-refractivity contribution >= 4 is 5.91 Å². The molecule has 3 rings (SSSR count). The molecular weight excluding hydrogens is 304 g/mol. The van der Waals surface area contributed by atoms with Gasteiger partial charge in [0.25, 0.3) is 5.91 Å². The summed E-state index contributed by atoms with van der Waals surface area (Å²) >= 11 is 0. The van der Waals surface area contributed by atoms with Crippen LogP contribution in [0.15, 0.2) is 47.3 Å². The highest BCUT2D eigenvalue weighted by atomic mass is 16.5. The van der Waals surface area contributed by atoms with Crippen molar-refractivity contribution < 1.29 is 9.53 Å². The van der Waals surface area contributed by atoms with Gasteiger partial charge in [0.05, 0.1) is 6.61 Å². The Balaban J connectivity index is 1.62. The molecule has 1 saturated heterocycles. The van der Waals surface area contributed by atoms with Crippen LogP contribution < -0.4 is 10.3 Å². The number of piperidine rings is 1. The highest BCUT2D eigenvalue weighted by molar-refractivity contribution is 5.94. The van der Waals surface area contributed by atoms with Gasteiger partial charge in [-0.15, -0.1) is 0 Å². The third-order valence-corrected chi connectivity index (χ3v) is 4.26. The molecule has 0 saturated carbocycles. The number of carbonyl (C=O) groups excluding carboxylic acids is 1. The van der Waals surface area contributed by atoms with E-state index in [1.165, 1.54) is 6.07 Å². The molecule has 5 nitrogen and oxygen atoms in total. The first-order chi connectivity index (χ1) is 11.6. The third kappa shape index (κ3) is 4.04. The lowest BCUT2D eigenvalue weighted by Crippen LogP contribution is -2.41. The van der Waals surface area contributed by atoms with Gasteiger partial charge in [-0.3, -0.25) is 9.59 Å². The topological polar surface area (TPSA) is 62.4 Å². The van der Waals surface area contributed by atoms with Gasteiger partial charge in [0.2, 0.25) is 5.56 Å². The molecule has 2 aromatic rings. The monoisotopic (exact) mass is 326 g/mol. The summed E-state index contributed by atoms with van der Waals surface area (Å²) in [5.74, 6) is 1.09. The molecule has 24 heavy (non-hydrogen) atoms. The molecule has 1 N–H and O–H groups in total. The predicted molar refractivity (Wildman–Crippen MR) is 92.4 cm³/mol. The second kappa shape index (κ2) is 7.34. The molecular formula is C19H22N2O3. The van der Waals surface area contributed by atoms with Crippen LogP contribution in [0.5, 0.6) is 5.75 Å². The first-order valence-corrected chi connectivity index (χ1v) is 8.30. The van der Waals surface area contributed by atoms with Gasteiger partial charge >= 0.3 is 0 Å². The number of H-pyrrole nitrogens is 1. The van der Waals surface area contributed by atoms with Gasteiger partial charge in [-0.25, -0.2) is 0 Å². The van der Waals surface area contributed by atoms with Crippen molar-refractivity contribution in [3.8, 4) is 5.75 Å². The molecule has 2 heterocycles. The number of nitrogens with one attached hydrogen (secondary N) is 1. The van der Waals surface area contributed by atoms with Crippen LogP contribution in [0.2, 0.25) is 0 Å². The van der Waals surface area contributed by atoms with Gasteiger partial charge in [-0.1, -0.05) is 18.2 Å². The summed E-state index contributed by atoms with van der Waals surface area (Å²) in [5, 5.41) is 0. The van der Waals surface area contributed by atoms with Gasteiger partial charge < -0.3 is 14.6 Å². The summed E-state index contributed by atoms with van der Waals surface area (Å²) in [6.07, 6.45) is 2.00. The molecule has 5 heteroatoms. The molecule has 0 aliphatic carbocycles. The van der Waals surface area contributed by atoms with Crippen LogP contribution in [0, 0.1) is 12.8 Å². The van der Waals surface area contributed by atoms with Crippen molar-refractivity contribution in [3.05, 3.63) is 64.1 Å². The molecule has 1 aliphatic rings. The van der Waals surface area contributed by atoms with Crippen LogP contribution in [-0.2, 0) is 0 Å². The molecule has 1 amide bonds. The number of hydrogen-bond donors (Lipinski definition) is 1. The Morgan fingerprint density at radius 3 is 2.83 bits per heavy atom. The number of benzene rings is 1. The number of likely N-dealkylation sites (tertiary alicyclic amines) is 1. The maximum absolute atomic E-state index is 12.7. The maximum Gasteiger partial charge on any atom is 0.254 e. The second-order valence-corrected chi connectivity index (χ2v) is 6.30. The molecule has 1 aromatic carbocycles. The fraction of sp³-hybridized carbons (Fsp3) is 0.368. The first-order valence-electron chi connectivity index (χ1n) is 8.30. The Morgan fingerprint density at radius 1 is 1.29 bits per heavy atom. The lowest BCUT2D eigenvalue weighted by atomic mass is 9.98. The minimum absolute atomic E-state index is 0.0754. The summed E-state index contributed by atoms with van der Waals surface area (Å²) in [6.45, 7) is 3.77. The van der Waals surface area contributed by atoms with Gasteiger partial charge in [-0.2, -0.15) is 0 Å². The molecule has 1 atom stereocenters. The number of aromatic amines is 1. The number of ether oxygens (including phenoxy) is 1. The van der Waals surface area contributed by atoms with E-state index in [2.05, 4.69) is 4.98 Å². The normalized spacial score (nSPS) is 17.5. The van der Waals surface area contributed by atoms with E-state index in [0.717, 1.165) is 25.1 Å². The van der Waals surface area contributed by atoms with Gasteiger partial charge in [0.1, 0.15) is 5.75 Å². The van der Waals surface area contributed by atoms with Crippen LogP contribution in [0.4, 0.5) is 0 Å². The average molecular weight is 326 g/mol. The lowest BCUT2D eigenvalue weighted by Gasteiger charge is -2.32. The number of aromatic nitrogens is 1. The predicted octanol–water partition coefficient (Wildman–Crippen LogP) is 2.61. The second-order valence-electron chi connectivity index (χ2n) is 6.30. The Bertz CT molecular complexity index is 755. The standard InChI is InChI=1S/C19H22N2O3/c1-14-10-16(11-18(22)20-14)19(23)21-9-5-6-15(12-21)13-24-17-7-3-2-4-8-17/h2-4,7-8,10-11,15H,5-6,9,12-13H2,1H3,(H,20,22). The number of amides is 1. The molecule has 126 valence electrons. The van der Waals surface area contributed by atoms with Crippen LogP contribution in [0.1, 0.15) is 28.9 Å². The Morgan fingerprint density at radius 2 is 2.08 bits per heavy atom. The minimum atomic E-state index is -0.237. The third-order valence-electron chi connectivity index (χ3n) is 4.26. The summed E-state index contributed by atoms with van der Waals surface area (Å²) in [7, 11) is 0. The highest BCUT2D eigenvalue weighted by Crippen LogP contribution is 2.20. The number of hydrogen-bond acceptors (Lipinski definition) is 3. The number of aryl methyl sites for hydroxylation is 1. The minimum Gasteiger partial charge on any atom is -0.493 e. The molecule has 1 fully saturated rings. The van der Waals surface area contributed by atoms with E-state index in [1.807, 2.05) is 35.2 Å². The number of carbonyl (C=O) groups is 1. The van der Waals surface area contributed by atoms with Crippen molar-refractivity contribution in [2.24, 2.45) is 5.92 Å². The fourth-order valence-corrected chi connectivity index (χ4v) is 3.11. The highest BCUT2D eigenvalue weighted by Gasteiger charge is 2.25. The van der Waals surface area contributed by atoms with E-state index < -0.39 is 0 Å². The fourth-order valence-electron chi connectivity index (χ4n) is 3.11. The van der Waals surface area contributed by atoms with Crippen molar-refractivity contribution in [1.29, 1.82) is 0 Å². The smallest absolute Gasteiger partial charge is 0.254 e. The zero-order valence-electron chi connectivity index (χ0n) is 13.8. The van der Waals surface area contributed by atoms with E-state index in [9.17, 15) is 9.59 Å². The van der Waals surface area contributed by atoms with E-state index >= 15 is 0 Å². The summed E-state index contributed by atoms with van der Waals surface area (Å²) in [5.41, 5.74) is 0.923. The summed E-state index contributed by atoms with van der Waals surface area (Å²) < 4.78 is 5.82. The summed E-state index contributed by atoms with van der Waals surface area (Å²) in [6, 6.07) is 12.8. The number of pyridine rings is 1. The van der Waals surface area contributed by atoms with E-state index in [1.54, 1.807) is 13.0 Å². The number of para-hydroxylation sites is 1.